The van der Waals surface area contributed by atoms with Crippen molar-refractivity contribution in [1.29, 1.82) is 0 Å². The first-order chi connectivity index (χ1) is 4.25. The number of hydrogen-bond donors (Lipinski definition) is 2. The molecule has 0 aromatic carbocycles. The van der Waals surface area contributed by atoms with Crippen molar-refractivity contribution < 1.29 is 10.2 Å². The Morgan fingerprint density at radius 3 is 2.00 bits per heavy atom. The van der Waals surface area contributed by atoms with E-state index in [1.54, 1.807) is 0 Å². The van der Waals surface area contributed by atoms with Gasteiger partial charge in [0.1, 0.15) is 0 Å². The van der Waals surface area contributed by atoms with Crippen LogP contribution in [-0.4, -0.2) is 21.6 Å². The van der Waals surface area contributed by atoms with Crippen LogP contribution in [0.5, 0.6) is 11.8 Å². The molecule has 1 rings (SSSR count). The van der Waals surface area contributed by atoms with Gasteiger partial charge in [-0.3, -0.25) is 0 Å². The standard InChI is InChI=1S/C5H6N2O2/c1-6-7-4(8)2-3-5(7)9/h2-3,8-9H,1H2. The Morgan fingerprint density at radius 1 is 1.33 bits per heavy atom. The maximum Gasteiger partial charge on any atom is 0.215 e. The molecular weight excluding hydrogens is 120 g/mol. The highest BCUT2D eigenvalue weighted by Gasteiger charge is 2.00. The Bertz CT molecular complexity index is 209. The highest BCUT2D eigenvalue weighted by molar-refractivity contribution is 5.29. The van der Waals surface area contributed by atoms with Crippen LogP contribution in [-0.2, 0) is 0 Å². The van der Waals surface area contributed by atoms with Crippen LogP contribution in [0.4, 0.5) is 0 Å². The van der Waals surface area contributed by atoms with E-state index < -0.39 is 0 Å². The van der Waals surface area contributed by atoms with E-state index in [2.05, 4.69) is 11.8 Å². The second-order valence-electron chi connectivity index (χ2n) is 1.50. The van der Waals surface area contributed by atoms with Crippen molar-refractivity contribution in [3.63, 3.8) is 0 Å². The molecule has 0 atom stereocenters. The Labute approximate surface area is 51.7 Å². The molecule has 0 spiro atoms. The predicted octanol–water partition coefficient (Wildman–Crippen LogP) is 0.363. The second kappa shape index (κ2) is 1.81. The Morgan fingerprint density at radius 2 is 1.78 bits per heavy atom. The molecule has 4 nitrogen and oxygen atoms in total. The third-order valence-corrected chi connectivity index (χ3v) is 0.957. The summed E-state index contributed by atoms with van der Waals surface area (Å²) in [5, 5.41) is 20.9. The molecular formula is C5H6N2O2. The summed E-state index contributed by atoms with van der Waals surface area (Å²) < 4.78 is 0.917. The van der Waals surface area contributed by atoms with Crippen molar-refractivity contribution in [1.82, 2.24) is 4.68 Å². The molecule has 0 unspecified atom stereocenters. The van der Waals surface area contributed by atoms with Crippen LogP contribution in [0.15, 0.2) is 17.2 Å². The van der Waals surface area contributed by atoms with Gasteiger partial charge in [-0.15, -0.1) is 0 Å². The maximum absolute atomic E-state index is 8.80. The van der Waals surface area contributed by atoms with Crippen LogP contribution in [0.25, 0.3) is 0 Å². The summed E-state index contributed by atoms with van der Waals surface area (Å²) in [4.78, 5) is 0. The van der Waals surface area contributed by atoms with Gasteiger partial charge in [0, 0.05) is 18.9 Å². The number of aromatic hydroxyl groups is 2. The van der Waals surface area contributed by atoms with Crippen LogP contribution in [0.1, 0.15) is 0 Å². The number of nitrogens with zero attached hydrogens (tertiary/aromatic N) is 2. The number of hydrogen-bond acceptors (Lipinski definition) is 3. The van der Waals surface area contributed by atoms with Crippen LogP contribution in [0, 0.1) is 0 Å². The van der Waals surface area contributed by atoms with Crippen molar-refractivity contribution in [3.8, 4) is 11.8 Å². The summed E-state index contributed by atoms with van der Waals surface area (Å²) in [6, 6.07) is 2.65. The summed E-state index contributed by atoms with van der Waals surface area (Å²) in [7, 11) is 0. The lowest BCUT2D eigenvalue weighted by atomic mass is 10.6. The monoisotopic (exact) mass is 126 g/mol. The van der Waals surface area contributed by atoms with E-state index >= 15 is 0 Å². The fourth-order valence-corrected chi connectivity index (χ4v) is 0.553. The molecule has 0 amide bonds. The molecule has 1 aromatic heterocycles. The van der Waals surface area contributed by atoms with Gasteiger partial charge in [-0.2, -0.15) is 9.78 Å². The summed E-state index contributed by atoms with van der Waals surface area (Å²) in [5.74, 6) is -0.245. The molecule has 1 heterocycles. The average Bonchev–Trinajstić information content (AvgIpc) is 2.12. The lowest BCUT2D eigenvalue weighted by Gasteiger charge is -1.93. The van der Waals surface area contributed by atoms with Gasteiger partial charge in [-0.05, 0) is 0 Å². The normalized spacial score (nSPS) is 9.33. The third-order valence-electron chi connectivity index (χ3n) is 0.957. The smallest absolute Gasteiger partial charge is 0.215 e. The van der Waals surface area contributed by atoms with Crippen molar-refractivity contribution in [2.45, 2.75) is 0 Å². The third kappa shape index (κ3) is 0.739. The number of rotatable bonds is 1. The van der Waals surface area contributed by atoms with Crippen LogP contribution < -0.4 is 0 Å². The molecule has 0 fully saturated rings. The minimum absolute atomic E-state index is 0.123. The summed E-state index contributed by atoms with van der Waals surface area (Å²) >= 11 is 0. The van der Waals surface area contributed by atoms with Gasteiger partial charge in [-0.25, -0.2) is 0 Å². The van der Waals surface area contributed by atoms with Gasteiger partial charge in [0.15, 0.2) is 0 Å². The molecule has 48 valence electrons. The van der Waals surface area contributed by atoms with Gasteiger partial charge < -0.3 is 10.2 Å². The van der Waals surface area contributed by atoms with Crippen molar-refractivity contribution in [2.24, 2.45) is 5.10 Å². The van der Waals surface area contributed by atoms with Crippen LogP contribution in [0.3, 0.4) is 0 Å². The molecule has 0 aliphatic heterocycles. The second-order valence-corrected chi connectivity index (χ2v) is 1.50. The van der Waals surface area contributed by atoms with E-state index in [4.69, 9.17) is 10.2 Å². The molecule has 0 aliphatic carbocycles. The van der Waals surface area contributed by atoms with Crippen molar-refractivity contribution in [2.75, 3.05) is 0 Å². The Kier molecular flexibility index (Phi) is 1.14. The highest BCUT2D eigenvalue weighted by Crippen LogP contribution is 2.19. The zero-order chi connectivity index (χ0) is 6.85. The first-order valence-electron chi connectivity index (χ1n) is 2.32. The van der Waals surface area contributed by atoms with Gasteiger partial charge >= 0.3 is 0 Å². The van der Waals surface area contributed by atoms with E-state index in [-0.39, 0.29) is 11.8 Å². The summed E-state index contributed by atoms with van der Waals surface area (Å²) in [6.45, 7) is 3.12. The van der Waals surface area contributed by atoms with E-state index in [9.17, 15) is 0 Å². The zero-order valence-electron chi connectivity index (χ0n) is 4.65. The lowest BCUT2D eigenvalue weighted by molar-refractivity contribution is 0.384. The lowest BCUT2D eigenvalue weighted by Crippen LogP contribution is -1.82. The van der Waals surface area contributed by atoms with Gasteiger partial charge in [0.2, 0.25) is 11.8 Å². The van der Waals surface area contributed by atoms with E-state index in [0.717, 1.165) is 4.68 Å². The molecule has 0 radical (unpaired) electrons. The summed E-state index contributed by atoms with van der Waals surface area (Å²) in [6.07, 6.45) is 0. The summed E-state index contributed by atoms with van der Waals surface area (Å²) in [5.41, 5.74) is 0. The molecule has 4 heteroatoms. The molecule has 0 bridgehead atoms. The average molecular weight is 126 g/mol. The van der Waals surface area contributed by atoms with E-state index in [1.165, 1.54) is 12.1 Å². The van der Waals surface area contributed by atoms with Crippen molar-refractivity contribution in [3.05, 3.63) is 12.1 Å². The fraction of sp³-hybridized carbons (Fsp3) is 0. The molecule has 9 heavy (non-hydrogen) atoms. The maximum atomic E-state index is 8.80. The Balaban J connectivity index is 3.22. The minimum atomic E-state index is -0.123. The molecule has 0 aliphatic rings. The highest BCUT2D eigenvalue weighted by atomic mass is 16.3. The quantitative estimate of drug-likeness (QED) is 0.534. The Hall–Kier alpha value is -1.45. The van der Waals surface area contributed by atoms with Gasteiger partial charge in [0.05, 0.1) is 0 Å². The first kappa shape index (κ1) is 5.68. The van der Waals surface area contributed by atoms with Crippen molar-refractivity contribution >= 4 is 6.72 Å². The SMILES string of the molecule is C=Nn1c(O)ccc1O. The molecule has 0 saturated heterocycles. The van der Waals surface area contributed by atoms with E-state index in [0.29, 0.717) is 0 Å². The van der Waals surface area contributed by atoms with Crippen LogP contribution >= 0.6 is 0 Å². The fourth-order valence-electron chi connectivity index (χ4n) is 0.553. The van der Waals surface area contributed by atoms with E-state index in [1.807, 2.05) is 0 Å². The van der Waals surface area contributed by atoms with Gasteiger partial charge in [0.25, 0.3) is 0 Å². The molecule has 0 saturated carbocycles. The first-order valence-corrected chi connectivity index (χ1v) is 2.32. The topological polar surface area (TPSA) is 57.8 Å². The zero-order valence-corrected chi connectivity index (χ0v) is 4.65. The molecule has 1 aromatic rings. The predicted molar refractivity (Wildman–Crippen MR) is 32.7 cm³/mol. The molecule has 2 N–H and O–H groups in total. The number of aromatic nitrogens is 1. The van der Waals surface area contributed by atoms with Gasteiger partial charge in [-0.1, -0.05) is 0 Å². The van der Waals surface area contributed by atoms with Crippen LogP contribution in [0.2, 0.25) is 0 Å². The minimum Gasteiger partial charge on any atom is -0.493 e. The largest absolute Gasteiger partial charge is 0.493 e.